The number of thiocarbonyl (C=S) groups is 1. The van der Waals surface area contributed by atoms with Gasteiger partial charge in [0.05, 0.1) is 23.4 Å². The molecule has 3 aromatic rings. The number of carboxylic acid groups (broad SMARTS) is 1. The number of aliphatic carboxylic acids is 1. The molecule has 0 saturated carbocycles. The number of carboxylic acids is 1. The summed E-state index contributed by atoms with van der Waals surface area (Å²) in [7, 11) is 1.61. The minimum absolute atomic E-state index is 0.0123. The van der Waals surface area contributed by atoms with E-state index in [1.807, 2.05) is 60.8 Å². The standard InChI is InChI=1S/C24H21N3O4S2/c1-31-19-11-9-16(10-12-19)22-17(15-27(25-22)18-6-3-2-4-7-18)14-20-23(30)26(24(32)33-20)13-5-8-21(28)29/h2-4,6-7,9-12,14-15H,5,8,13H2,1H3,(H,28,29). The van der Waals surface area contributed by atoms with Crippen molar-refractivity contribution in [3.8, 4) is 22.7 Å². The lowest BCUT2D eigenvalue weighted by atomic mass is 10.1. The number of nitrogens with zero attached hydrogens (tertiary/aromatic N) is 3. The largest absolute Gasteiger partial charge is 0.497 e. The number of methoxy groups -OCH3 is 1. The van der Waals surface area contributed by atoms with Crippen molar-refractivity contribution < 1.29 is 19.4 Å². The van der Waals surface area contributed by atoms with E-state index in [9.17, 15) is 9.59 Å². The Morgan fingerprint density at radius 3 is 2.58 bits per heavy atom. The van der Waals surface area contributed by atoms with Crippen LogP contribution in [0.1, 0.15) is 18.4 Å². The third-order valence-electron chi connectivity index (χ3n) is 5.06. The molecule has 7 nitrogen and oxygen atoms in total. The van der Waals surface area contributed by atoms with E-state index in [0.29, 0.717) is 15.6 Å². The SMILES string of the molecule is COc1ccc(-c2nn(-c3ccccc3)cc2C=C2SC(=S)N(CCCC(=O)O)C2=O)cc1. The van der Waals surface area contributed by atoms with Crippen LogP contribution in [0.4, 0.5) is 0 Å². The molecule has 4 rings (SSSR count). The monoisotopic (exact) mass is 479 g/mol. The van der Waals surface area contributed by atoms with Gasteiger partial charge < -0.3 is 9.84 Å². The summed E-state index contributed by atoms with van der Waals surface area (Å²) in [6, 6.07) is 17.3. The van der Waals surface area contributed by atoms with E-state index in [1.54, 1.807) is 17.9 Å². The molecule has 0 atom stereocenters. The van der Waals surface area contributed by atoms with Crippen molar-refractivity contribution in [3.63, 3.8) is 0 Å². The maximum absolute atomic E-state index is 13.0. The summed E-state index contributed by atoms with van der Waals surface area (Å²) in [6.07, 6.45) is 4.01. The molecule has 0 spiro atoms. The Hall–Kier alpha value is -3.43. The maximum atomic E-state index is 13.0. The minimum atomic E-state index is -0.895. The Morgan fingerprint density at radius 2 is 1.91 bits per heavy atom. The highest BCUT2D eigenvalue weighted by Gasteiger charge is 2.32. The van der Waals surface area contributed by atoms with Gasteiger partial charge in [-0.15, -0.1) is 0 Å². The molecule has 1 fully saturated rings. The molecular weight excluding hydrogens is 458 g/mol. The van der Waals surface area contributed by atoms with E-state index in [-0.39, 0.29) is 18.9 Å². The molecule has 1 saturated heterocycles. The molecule has 0 radical (unpaired) electrons. The Bertz CT molecular complexity index is 1220. The van der Waals surface area contributed by atoms with Crippen LogP contribution in [0, 0.1) is 0 Å². The molecule has 33 heavy (non-hydrogen) atoms. The number of hydrogen-bond donors (Lipinski definition) is 1. The number of ether oxygens (including phenoxy) is 1. The highest BCUT2D eigenvalue weighted by Crippen LogP contribution is 2.35. The number of para-hydroxylation sites is 1. The van der Waals surface area contributed by atoms with E-state index in [0.717, 1.165) is 28.3 Å². The second-order valence-electron chi connectivity index (χ2n) is 7.27. The normalized spacial score (nSPS) is 14.8. The predicted octanol–water partition coefficient (Wildman–Crippen LogP) is 4.61. The van der Waals surface area contributed by atoms with Crippen LogP contribution in [-0.2, 0) is 9.59 Å². The van der Waals surface area contributed by atoms with Gasteiger partial charge in [-0.3, -0.25) is 14.5 Å². The van der Waals surface area contributed by atoms with Gasteiger partial charge in [0, 0.05) is 30.3 Å². The molecule has 2 aromatic carbocycles. The fourth-order valence-electron chi connectivity index (χ4n) is 3.40. The lowest BCUT2D eigenvalue weighted by Crippen LogP contribution is -2.29. The maximum Gasteiger partial charge on any atom is 0.303 e. The zero-order chi connectivity index (χ0) is 23.4. The third kappa shape index (κ3) is 5.15. The zero-order valence-corrected chi connectivity index (χ0v) is 19.4. The van der Waals surface area contributed by atoms with Gasteiger partial charge in [-0.1, -0.05) is 42.2 Å². The average Bonchev–Trinajstić information content (AvgIpc) is 3.36. The van der Waals surface area contributed by atoms with E-state index in [4.69, 9.17) is 27.2 Å². The number of amides is 1. The van der Waals surface area contributed by atoms with Crippen LogP contribution in [0.15, 0.2) is 65.7 Å². The summed E-state index contributed by atoms with van der Waals surface area (Å²) in [5.41, 5.74) is 3.27. The fraction of sp³-hybridized carbons (Fsp3) is 0.167. The summed E-state index contributed by atoms with van der Waals surface area (Å²) < 4.78 is 7.47. The second-order valence-corrected chi connectivity index (χ2v) is 8.95. The lowest BCUT2D eigenvalue weighted by Gasteiger charge is -2.13. The number of rotatable bonds is 8. The lowest BCUT2D eigenvalue weighted by molar-refractivity contribution is -0.137. The van der Waals surface area contributed by atoms with Gasteiger partial charge in [0.25, 0.3) is 5.91 Å². The number of thioether (sulfide) groups is 1. The molecule has 1 aliphatic heterocycles. The minimum Gasteiger partial charge on any atom is -0.497 e. The van der Waals surface area contributed by atoms with E-state index >= 15 is 0 Å². The van der Waals surface area contributed by atoms with Gasteiger partial charge in [-0.2, -0.15) is 5.10 Å². The molecule has 0 aliphatic carbocycles. The summed E-state index contributed by atoms with van der Waals surface area (Å²) >= 11 is 6.59. The van der Waals surface area contributed by atoms with Crippen LogP contribution in [0.3, 0.4) is 0 Å². The van der Waals surface area contributed by atoms with Gasteiger partial charge in [0.2, 0.25) is 0 Å². The van der Waals surface area contributed by atoms with Gasteiger partial charge >= 0.3 is 5.97 Å². The third-order valence-corrected chi connectivity index (χ3v) is 6.44. The van der Waals surface area contributed by atoms with Gasteiger partial charge in [0.15, 0.2) is 0 Å². The fourth-order valence-corrected chi connectivity index (χ4v) is 4.70. The van der Waals surface area contributed by atoms with Gasteiger partial charge in [-0.05, 0) is 48.9 Å². The first kappa shape index (κ1) is 22.8. The number of hydrogen-bond acceptors (Lipinski definition) is 6. The molecule has 0 bridgehead atoms. The highest BCUT2D eigenvalue weighted by molar-refractivity contribution is 8.26. The van der Waals surface area contributed by atoms with Crippen molar-refractivity contribution in [2.24, 2.45) is 0 Å². The quantitative estimate of drug-likeness (QED) is 0.373. The molecule has 1 N–H and O–H groups in total. The van der Waals surface area contributed by atoms with E-state index in [1.165, 1.54) is 16.7 Å². The van der Waals surface area contributed by atoms with Crippen LogP contribution >= 0.6 is 24.0 Å². The van der Waals surface area contributed by atoms with Crippen molar-refractivity contribution >= 4 is 46.3 Å². The van der Waals surface area contributed by atoms with Crippen LogP contribution in [0.2, 0.25) is 0 Å². The van der Waals surface area contributed by atoms with E-state index in [2.05, 4.69) is 0 Å². The van der Waals surface area contributed by atoms with Gasteiger partial charge in [0.1, 0.15) is 10.1 Å². The molecular formula is C24H21N3O4S2. The first-order valence-corrected chi connectivity index (χ1v) is 11.5. The Balaban J connectivity index is 1.69. The van der Waals surface area contributed by atoms with Crippen LogP contribution in [0.25, 0.3) is 23.0 Å². The van der Waals surface area contributed by atoms with Gasteiger partial charge in [-0.25, -0.2) is 4.68 Å². The number of aromatic nitrogens is 2. The van der Waals surface area contributed by atoms with Crippen molar-refractivity contribution in [2.75, 3.05) is 13.7 Å². The predicted molar refractivity (Wildman–Crippen MR) is 132 cm³/mol. The van der Waals surface area contributed by atoms with Crippen molar-refractivity contribution in [3.05, 3.63) is 71.3 Å². The van der Waals surface area contributed by atoms with Crippen molar-refractivity contribution in [1.82, 2.24) is 14.7 Å². The van der Waals surface area contributed by atoms with Crippen LogP contribution < -0.4 is 4.74 Å². The Morgan fingerprint density at radius 1 is 1.18 bits per heavy atom. The first-order chi connectivity index (χ1) is 16.0. The molecule has 9 heteroatoms. The Kier molecular flexibility index (Phi) is 6.90. The first-order valence-electron chi connectivity index (χ1n) is 10.2. The number of carbonyl (C=O) groups is 2. The van der Waals surface area contributed by atoms with Crippen molar-refractivity contribution in [1.29, 1.82) is 0 Å². The molecule has 1 amide bonds. The summed E-state index contributed by atoms with van der Waals surface area (Å²) in [4.78, 5) is 25.7. The smallest absolute Gasteiger partial charge is 0.303 e. The van der Waals surface area contributed by atoms with Crippen LogP contribution in [-0.4, -0.2) is 49.6 Å². The molecule has 1 aromatic heterocycles. The Labute approximate surface area is 200 Å². The number of carbonyl (C=O) groups excluding carboxylic acids is 1. The highest BCUT2D eigenvalue weighted by atomic mass is 32.2. The number of benzene rings is 2. The summed E-state index contributed by atoms with van der Waals surface area (Å²) in [5, 5.41) is 13.6. The molecule has 1 aliphatic rings. The summed E-state index contributed by atoms with van der Waals surface area (Å²) in [5.74, 6) is -0.373. The second kappa shape index (κ2) is 10.0. The van der Waals surface area contributed by atoms with Crippen molar-refractivity contribution in [2.45, 2.75) is 12.8 Å². The molecule has 2 heterocycles. The summed E-state index contributed by atoms with van der Waals surface area (Å²) in [6.45, 7) is 0.281. The zero-order valence-electron chi connectivity index (χ0n) is 17.8. The average molecular weight is 480 g/mol. The molecule has 0 unspecified atom stereocenters. The topological polar surface area (TPSA) is 84.7 Å². The van der Waals surface area contributed by atoms with E-state index < -0.39 is 5.97 Å². The molecule has 168 valence electrons. The van der Waals surface area contributed by atoms with Crippen LogP contribution in [0.5, 0.6) is 5.75 Å².